The molecule has 166 valence electrons. The van der Waals surface area contributed by atoms with Crippen LogP contribution in [0.4, 0.5) is 5.69 Å². The van der Waals surface area contributed by atoms with Gasteiger partial charge in [0, 0.05) is 13.1 Å². The van der Waals surface area contributed by atoms with Crippen LogP contribution in [0.25, 0.3) is 0 Å². The van der Waals surface area contributed by atoms with Crippen molar-refractivity contribution in [3.8, 4) is 5.75 Å². The number of nitrogens with zero attached hydrogens (tertiary/aromatic N) is 1. The lowest BCUT2D eigenvalue weighted by Crippen LogP contribution is -2.30. The Morgan fingerprint density at radius 2 is 1.81 bits per heavy atom. The zero-order valence-corrected chi connectivity index (χ0v) is 18.7. The molecule has 1 fully saturated rings. The van der Waals surface area contributed by atoms with E-state index >= 15 is 0 Å². The molecule has 10 heteroatoms. The average molecular weight is 467 g/mol. The number of hydrogen-bond donors (Lipinski definition) is 1. The summed E-state index contributed by atoms with van der Waals surface area (Å²) in [6.07, 6.45) is 0.418. The molecule has 1 aliphatic heterocycles. The summed E-state index contributed by atoms with van der Waals surface area (Å²) >= 11 is 6.10. The number of carbonyl (C=O) groups excluding carboxylic acids is 2. The summed E-state index contributed by atoms with van der Waals surface area (Å²) < 4.78 is 37.4. The number of esters is 1. The number of hydrogen-bond acceptors (Lipinski definition) is 6. The first-order valence-corrected chi connectivity index (χ1v) is 11.5. The van der Waals surface area contributed by atoms with E-state index in [9.17, 15) is 18.0 Å². The first-order valence-electron chi connectivity index (χ1n) is 9.68. The normalized spacial score (nSPS) is 15.3. The minimum absolute atomic E-state index is 0.0147. The SMILES string of the molecule is COc1ccccc1NC(=O)[C@@H](C)OC(=O)c1ccc(Cl)c(S(=O)(=O)N2CCCC2)c1. The van der Waals surface area contributed by atoms with Gasteiger partial charge in [-0.15, -0.1) is 0 Å². The molecule has 3 rings (SSSR count). The van der Waals surface area contributed by atoms with Gasteiger partial charge in [-0.05, 0) is 50.1 Å². The molecule has 0 aromatic heterocycles. The third kappa shape index (κ3) is 5.17. The highest BCUT2D eigenvalue weighted by molar-refractivity contribution is 7.89. The molecule has 0 spiro atoms. The van der Waals surface area contributed by atoms with E-state index in [0.29, 0.717) is 24.5 Å². The van der Waals surface area contributed by atoms with Crippen molar-refractivity contribution in [2.24, 2.45) is 0 Å². The van der Waals surface area contributed by atoms with Gasteiger partial charge in [-0.3, -0.25) is 4.79 Å². The van der Waals surface area contributed by atoms with Crippen molar-refractivity contribution < 1.29 is 27.5 Å². The molecule has 0 radical (unpaired) electrons. The molecule has 1 aliphatic rings. The highest BCUT2D eigenvalue weighted by atomic mass is 35.5. The summed E-state index contributed by atoms with van der Waals surface area (Å²) in [5.41, 5.74) is 0.419. The fraction of sp³-hybridized carbons (Fsp3) is 0.333. The molecule has 0 aliphatic carbocycles. The van der Waals surface area contributed by atoms with Crippen LogP contribution in [-0.2, 0) is 19.6 Å². The predicted molar refractivity (Wildman–Crippen MR) is 116 cm³/mol. The summed E-state index contributed by atoms with van der Waals surface area (Å²) in [5, 5.41) is 2.65. The number of methoxy groups -OCH3 is 1. The van der Waals surface area contributed by atoms with Crippen molar-refractivity contribution in [3.63, 3.8) is 0 Å². The molecule has 2 aromatic rings. The lowest BCUT2D eigenvalue weighted by molar-refractivity contribution is -0.123. The van der Waals surface area contributed by atoms with Crippen molar-refractivity contribution in [2.75, 3.05) is 25.5 Å². The van der Waals surface area contributed by atoms with Gasteiger partial charge in [0.15, 0.2) is 6.10 Å². The van der Waals surface area contributed by atoms with E-state index in [1.54, 1.807) is 24.3 Å². The number of halogens is 1. The Balaban J connectivity index is 1.73. The Bertz CT molecular complexity index is 1080. The van der Waals surface area contributed by atoms with Crippen LogP contribution in [0, 0.1) is 0 Å². The molecule has 8 nitrogen and oxygen atoms in total. The molecule has 1 amide bonds. The fourth-order valence-electron chi connectivity index (χ4n) is 3.16. The quantitative estimate of drug-likeness (QED) is 0.628. The van der Waals surface area contributed by atoms with Gasteiger partial charge < -0.3 is 14.8 Å². The van der Waals surface area contributed by atoms with Crippen molar-refractivity contribution in [2.45, 2.75) is 30.8 Å². The van der Waals surface area contributed by atoms with Gasteiger partial charge in [0.1, 0.15) is 10.6 Å². The van der Waals surface area contributed by atoms with E-state index in [-0.39, 0.29) is 15.5 Å². The molecule has 1 saturated heterocycles. The molecule has 1 heterocycles. The van der Waals surface area contributed by atoms with Crippen molar-refractivity contribution in [3.05, 3.63) is 53.1 Å². The summed E-state index contributed by atoms with van der Waals surface area (Å²) in [7, 11) is -2.34. The standard InChI is InChI=1S/C21H23ClN2O6S/c1-14(20(25)23-17-7-3-4-8-18(17)29-2)30-21(26)15-9-10-16(22)19(13-15)31(27,28)24-11-5-6-12-24/h3-4,7-10,13-14H,5-6,11-12H2,1-2H3,(H,23,25)/t14-/m1/s1. The number of benzene rings is 2. The minimum Gasteiger partial charge on any atom is -0.495 e. The summed E-state index contributed by atoms with van der Waals surface area (Å²) in [6, 6.07) is 10.7. The van der Waals surface area contributed by atoms with E-state index in [4.69, 9.17) is 21.1 Å². The van der Waals surface area contributed by atoms with Gasteiger partial charge in [0.05, 0.1) is 23.4 Å². The van der Waals surface area contributed by atoms with Crippen LogP contribution in [-0.4, -0.2) is 50.9 Å². The Kier molecular flexibility index (Phi) is 7.19. The smallest absolute Gasteiger partial charge is 0.338 e. The zero-order valence-electron chi connectivity index (χ0n) is 17.1. The van der Waals surface area contributed by atoms with Crippen LogP contribution < -0.4 is 10.1 Å². The van der Waals surface area contributed by atoms with Crippen molar-refractivity contribution in [1.82, 2.24) is 4.31 Å². The van der Waals surface area contributed by atoms with Crippen molar-refractivity contribution >= 4 is 39.2 Å². The Morgan fingerprint density at radius 3 is 2.48 bits per heavy atom. The fourth-order valence-corrected chi connectivity index (χ4v) is 5.18. The first-order chi connectivity index (χ1) is 14.7. The maximum Gasteiger partial charge on any atom is 0.338 e. The molecule has 2 aromatic carbocycles. The molecular weight excluding hydrogens is 444 g/mol. The van der Waals surface area contributed by atoms with Gasteiger partial charge in [0.2, 0.25) is 10.0 Å². The number of rotatable bonds is 7. The van der Waals surface area contributed by atoms with Crippen LogP contribution in [0.5, 0.6) is 5.75 Å². The van der Waals surface area contributed by atoms with E-state index in [2.05, 4.69) is 5.32 Å². The summed E-state index contributed by atoms with van der Waals surface area (Å²) in [5.74, 6) is -0.933. The first kappa shape index (κ1) is 23.1. The number of carbonyl (C=O) groups is 2. The number of sulfonamides is 1. The van der Waals surface area contributed by atoms with Gasteiger partial charge >= 0.3 is 5.97 Å². The summed E-state index contributed by atoms with van der Waals surface area (Å²) in [6.45, 7) is 2.24. The minimum atomic E-state index is -3.82. The van der Waals surface area contributed by atoms with E-state index in [0.717, 1.165) is 12.8 Å². The molecule has 0 bridgehead atoms. The second-order valence-electron chi connectivity index (χ2n) is 6.99. The Labute approximate surface area is 186 Å². The number of ether oxygens (including phenoxy) is 2. The average Bonchev–Trinajstić information content (AvgIpc) is 3.30. The molecule has 1 atom stereocenters. The monoisotopic (exact) mass is 466 g/mol. The van der Waals surface area contributed by atoms with Crippen LogP contribution >= 0.6 is 11.6 Å². The topological polar surface area (TPSA) is 102 Å². The van der Waals surface area contributed by atoms with Crippen LogP contribution in [0.15, 0.2) is 47.4 Å². The van der Waals surface area contributed by atoms with Gasteiger partial charge in [-0.1, -0.05) is 23.7 Å². The number of para-hydroxylation sites is 2. The largest absolute Gasteiger partial charge is 0.495 e. The van der Waals surface area contributed by atoms with Gasteiger partial charge in [0.25, 0.3) is 5.91 Å². The van der Waals surface area contributed by atoms with Crippen LogP contribution in [0.2, 0.25) is 5.02 Å². The van der Waals surface area contributed by atoms with Gasteiger partial charge in [-0.25, -0.2) is 13.2 Å². The maximum absolute atomic E-state index is 12.8. The molecule has 0 unspecified atom stereocenters. The van der Waals surface area contributed by atoms with Crippen molar-refractivity contribution in [1.29, 1.82) is 0 Å². The summed E-state index contributed by atoms with van der Waals surface area (Å²) in [4.78, 5) is 24.8. The predicted octanol–water partition coefficient (Wildman–Crippen LogP) is 3.32. The third-order valence-corrected chi connectivity index (χ3v) is 7.25. The van der Waals surface area contributed by atoms with E-state index in [1.165, 1.54) is 36.5 Å². The van der Waals surface area contributed by atoms with Crippen LogP contribution in [0.3, 0.4) is 0 Å². The lowest BCUT2D eigenvalue weighted by atomic mass is 10.2. The molecule has 0 saturated carbocycles. The van der Waals surface area contributed by atoms with Crippen LogP contribution in [0.1, 0.15) is 30.1 Å². The second kappa shape index (κ2) is 9.67. The number of anilines is 1. The zero-order chi connectivity index (χ0) is 22.6. The molecule has 31 heavy (non-hydrogen) atoms. The highest BCUT2D eigenvalue weighted by Crippen LogP contribution is 2.28. The second-order valence-corrected chi connectivity index (χ2v) is 9.31. The third-order valence-electron chi connectivity index (χ3n) is 4.87. The number of nitrogens with one attached hydrogen (secondary N) is 1. The molecule has 1 N–H and O–H groups in total. The van der Waals surface area contributed by atoms with E-state index < -0.39 is 28.0 Å². The van der Waals surface area contributed by atoms with E-state index in [1.807, 2.05) is 0 Å². The Hall–Kier alpha value is -2.62. The molecular formula is C21H23ClN2O6S. The van der Waals surface area contributed by atoms with Gasteiger partial charge in [-0.2, -0.15) is 4.31 Å². The number of amides is 1. The lowest BCUT2D eigenvalue weighted by Gasteiger charge is -2.18. The highest BCUT2D eigenvalue weighted by Gasteiger charge is 2.30. The Morgan fingerprint density at radius 1 is 1.13 bits per heavy atom. The maximum atomic E-state index is 12.8.